The molecule has 0 saturated heterocycles. The number of hydrogen-bond donors (Lipinski definition) is 3. The molecule has 8 heteroatoms. The zero-order valence-electron chi connectivity index (χ0n) is 11.8. The Balaban J connectivity index is 2.75. The van der Waals surface area contributed by atoms with Gasteiger partial charge in [0.25, 0.3) is 11.6 Å². The van der Waals surface area contributed by atoms with Gasteiger partial charge in [0.15, 0.2) is 0 Å². The van der Waals surface area contributed by atoms with Gasteiger partial charge in [0.1, 0.15) is 5.69 Å². The number of aliphatic hydroxyl groups is 1. The minimum atomic E-state index is -0.542. The van der Waals surface area contributed by atoms with Crippen molar-refractivity contribution in [1.29, 1.82) is 0 Å². The molecular formula is C13H19N3O5. The monoisotopic (exact) mass is 297 g/mol. The molecular weight excluding hydrogens is 278 g/mol. The third-order valence-corrected chi connectivity index (χ3v) is 2.59. The zero-order chi connectivity index (χ0) is 15.7. The third kappa shape index (κ3) is 5.36. The summed E-state index contributed by atoms with van der Waals surface area (Å²) >= 11 is 0. The van der Waals surface area contributed by atoms with E-state index in [9.17, 15) is 14.9 Å². The predicted octanol–water partition coefficient (Wildman–Crippen LogP) is 0.765. The molecule has 0 aliphatic heterocycles. The quantitative estimate of drug-likeness (QED) is 0.352. The van der Waals surface area contributed by atoms with Crippen LogP contribution in [0.1, 0.15) is 17.3 Å². The highest BCUT2D eigenvalue weighted by atomic mass is 16.6. The number of ether oxygens (including phenoxy) is 1. The Hall–Kier alpha value is -2.19. The maximum Gasteiger partial charge on any atom is 0.293 e. The number of anilines is 1. The molecule has 0 fully saturated rings. The summed E-state index contributed by atoms with van der Waals surface area (Å²) in [6.07, 6.45) is 0. The van der Waals surface area contributed by atoms with Gasteiger partial charge in [-0.2, -0.15) is 0 Å². The molecule has 0 bridgehead atoms. The van der Waals surface area contributed by atoms with Gasteiger partial charge in [-0.05, 0) is 19.1 Å². The first-order valence-corrected chi connectivity index (χ1v) is 6.59. The number of carbonyl (C=O) groups excluding carboxylic acids is 1. The summed E-state index contributed by atoms with van der Waals surface area (Å²) < 4.78 is 5.05. The van der Waals surface area contributed by atoms with Crippen molar-refractivity contribution in [3.05, 3.63) is 33.9 Å². The van der Waals surface area contributed by atoms with Crippen LogP contribution in [0.5, 0.6) is 0 Å². The minimum absolute atomic E-state index is 0.0681. The largest absolute Gasteiger partial charge is 0.394 e. The smallest absolute Gasteiger partial charge is 0.293 e. The molecule has 0 radical (unpaired) electrons. The van der Waals surface area contributed by atoms with Gasteiger partial charge >= 0.3 is 0 Å². The lowest BCUT2D eigenvalue weighted by Crippen LogP contribution is -2.22. The van der Waals surface area contributed by atoms with Gasteiger partial charge in [0, 0.05) is 24.7 Å². The van der Waals surface area contributed by atoms with E-state index in [4.69, 9.17) is 9.84 Å². The molecule has 0 spiro atoms. The SMILES string of the molecule is CCNC(=O)c1ccc(NCCOCCO)c([N+](=O)[O-])c1. The second kappa shape index (κ2) is 8.88. The Labute approximate surface area is 122 Å². The molecule has 0 unspecified atom stereocenters. The van der Waals surface area contributed by atoms with Crippen molar-refractivity contribution in [1.82, 2.24) is 5.32 Å². The molecule has 21 heavy (non-hydrogen) atoms. The van der Waals surface area contributed by atoms with E-state index in [1.54, 1.807) is 6.92 Å². The normalized spacial score (nSPS) is 10.2. The molecule has 0 aliphatic carbocycles. The Morgan fingerprint density at radius 3 is 2.81 bits per heavy atom. The molecule has 0 aromatic heterocycles. The summed E-state index contributed by atoms with van der Waals surface area (Å²) in [6.45, 7) is 3.06. The fourth-order valence-corrected chi connectivity index (χ4v) is 1.66. The average Bonchev–Trinajstić information content (AvgIpc) is 2.47. The molecule has 0 saturated carbocycles. The lowest BCUT2D eigenvalue weighted by atomic mass is 10.1. The fraction of sp³-hybridized carbons (Fsp3) is 0.462. The van der Waals surface area contributed by atoms with E-state index >= 15 is 0 Å². The third-order valence-electron chi connectivity index (χ3n) is 2.59. The molecule has 0 heterocycles. The highest BCUT2D eigenvalue weighted by Crippen LogP contribution is 2.25. The van der Waals surface area contributed by atoms with Gasteiger partial charge in [0.2, 0.25) is 0 Å². The first kappa shape index (κ1) is 16.9. The van der Waals surface area contributed by atoms with Crippen molar-refractivity contribution in [3.63, 3.8) is 0 Å². The summed E-state index contributed by atoms with van der Waals surface area (Å²) in [6, 6.07) is 4.26. The highest BCUT2D eigenvalue weighted by molar-refractivity contribution is 5.95. The van der Waals surface area contributed by atoms with Crippen molar-refractivity contribution in [2.75, 3.05) is 38.2 Å². The number of amides is 1. The summed E-state index contributed by atoms with van der Waals surface area (Å²) in [5.41, 5.74) is 0.396. The lowest BCUT2D eigenvalue weighted by Gasteiger charge is -2.09. The summed E-state index contributed by atoms with van der Waals surface area (Å²) in [7, 11) is 0. The van der Waals surface area contributed by atoms with E-state index < -0.39 is 4.92 Å². The number of aliphatic hydroxyl groups excluding tert-OH is 1. The molecule has 1 rings (SSSR count). The number of benzene rings is 1. The molecule has 1 aromatic carbocycles. The molecule has 0 aliphatic rings. The van der Waals surface area contributed by atoms with Crippen LogP contribution in [0.15, 0.2) is 18.2 Å². The van der Waals surface area contributed by atoms with E-state index in [2.05, 4.69) is 10.6 Å². The van der Waals surface area contributed by atoms with Crippen molar-refractivity contribution in [3.8, 4) is 0 Å². The van der Waals surface area contributed by atoms with E-state index in [1.165, 1.54) is 18.2 Å². The van der Waals surface area contributed by atoms with Gasteiger partial charge in [-0.1, -0.05) is 0 Å². The molecule has 1 aromatic rings. The Bertz CT molecular complexity index is 493. The topological polar surface area (TPSA) is 114 Å². The molecule has 8 nitrogen and oxygen atoms in total. The van der Waals surface area contributed by atoms with Crippen molar-refractivity contribution in [2.45, 2.75) is 6.92 Å². The van der Waals surface area contributed by atoms with Crippen LogP contribution in [0.3, 0.4) is 0 Å². The van der Waals surface area contributed by atoms with Crippen LogP contribution in [-0.2, 0) is 4.74 Å². The van der Waals surface area contributed by atoms with Crippen LogP contribution in [0.4, 0.5) is 11.4 Å². The van der Waals surface area contributed by atoms with Crippen molar-refractivity contribution >= 4 is 17.3 Å². The Morgan fingerprint density at radius 1 is 1.43 bits per heavy atom. The second-order valence-electron chi connectivity index (χ2n) is 4.11. The fourth-order valence-electron chi connectivity index (χ4n) is 1.66. The standard InChI is InChI=1S/C13H19N3O5/c1-2-14-13(18)10-3-4-11(12(9-10)16(19)20)15-5-7-21-8-6-17/h3-4,9,15,17H,2,5-8H2,1H3,(H,14,18). The molecule has 116 valence electrons. The number of nitro benzene ring substituents is 1. The number of nitrogens with zero attached hydrogens (tertiary/aromatic N) is 1. The van der Waals surface area contributed by atoms with Crippen LogP contribution in [-0.4, -0.2) is 48.8 Å². The Morgan fingerprint density at radius 2 is 2.19 bits per heavy atom. The van der Waals surface area contributed by atoms with Gasteiger partial charge in [-0.25, -0.2) is 0 Å². The molecule has 3 N–H and O–H groups in total. The number of nitro groups is 1. The first-order valence-electron chi connectivity index (χ1n) is 6.59. The summed E-state index contributed by atoms with van der Waals surface area (Å²) in [5.74, 6) is -0.349. The number of carbonyl (C=O) groups is 1. The van der Waals surface area contributed by atoms with Crippen LogP contribution in [0.2, 0.25) is 0 Å². The van der Waals surface area contributed by atoms with Crippen LogP contribution >= 0.6 is 0 Å². The number of rotatable bonds is 9. The van der Waals surface area contributed by atoms with Gasteiger partial charge in [-0.3, -0.25) is 14.9 Å². The Kier molecular flexibility index (Phi) is 7.13. The number of nitrogens with one attached hydrogen (secondary N) is 2. The van der Waals surface area contributed by atoms with Gasteiger partial charge in [-0.15, -0.1) is 0 Å². The molecule has 1 amide bonds. The van der Waals surface area contributed by atoms with E-state index in [-0.39, 0.29) is 30.4 Å². The average molecular weight is 297 g/mol. The highest BCUT2D eigenvalue weighted by Gasteiger charge is 2.17. The predicted molar refractivity (Wildman–Crippen MR) is 77.5 cm³/mol. The van der Waals surface area contributed by atoms with Crippen molar-refractivity contribution < 1.29 is 19.6 Å². The maximum absolute atomic E-state index is 11.7. The van der Waals surface area contributed by atoms with E-state index in [1.807, 2.05) is 0 Å². The van der Waals surface area contributed by atoms with E-state index in [0.29, 0.717) is 25.4 Å². The minimum Gasteiger partial charge on any atom is -0.394 e. The van der Waals surface area contributed by atoms with Gasteiger partial charge in [0.05, 0.1) is 24.7 Å². The van der Waals surface area contributed by atoms with Gasteiger partial charge < -0.3 is 20.5 Å². The summed E-state index contributed by atoms with van der Waals surface area (Å²) in [4.78, 5) is 22.2. The second-order valence-corrected chi connectivity index (χ2v) is 4.11. The first-order chi connectivity index (χ1) is 10.1. The van der Waals surface area contributed by atoms with Crippen molar-refractivity contribution in [2.24, 2.45) is 0 Å². The zero-order valence-corrected chi connectivity index (χ0v) is 11.8. The maximum atomic E-state index is 11.7. The van der Waals surface area contributed by atoms with E-state index in [0.717, 1.165) is 0 Å². The van der Waals surface area contributed by atoms with Crippen LogP contribution in [0.25, 0.3) is 0 Å². The van der Waals surface area contributed by atoms with Crippen LogP contribution in [0, 0.1) is 10.1 Å². The lowest BCUT2D eigenvalue weighted by molar-refractivity contribution is -0.384. The number of hydrogen-bond acceptors (Lipinski definition) is 6. The molecule has 0 atom stereocenters. The van der Waals surface area contributed by atoms with Crippen LogP contribution < -0.4 is 10.6 Å². The summed E-state index contributed by atoms with van der Waals surface area (Å²) in [5, 5.41) is 25.1.